The molecule has 1 aliphatic carbocycles. The zero-order valence-electron chi connectivity index (χ0n) is 14.9. The van der Waals surface area contributed by atoms with Gasteiger partial charge in [0.25, 0.3) is 0 Å². The third-order valence-electron chi connectivity index (χ3n) is 4.89. The molecule has 1 saturated carbocycles. The van der Waals surface area contributed by atoms with Gasteiger partial charge in [0, 0.05) is 17.5 Å². The Bertz CT molecular complexity index is 878. The SMILES string of the molecule is COc1cc(Cc2c[nH+]c(N)nc2N)c2c(c1OC)OC(C1CC1)C=C2. The summed E-state index contributed by atoms with van der Waals surface area (Å²) in [6.45, 7) is 0. The maximum Gasteiger partial charge on any atom is 0.388 e. The van der Waals surface area contributed by atoms with E-state index in [-0.39, 0.29) is 12.1 Å². The van der Waals surface area contributed by atoms with Gasteiger partial charge in [0.1, 0.15) is 6.10 Å². The van der Waals surface area contributed by atoms with E-state index in [1.807, 2.05) is 6.07 Å². The van der Waals surface area contributed by atoms with Crippen LogP contribution in [0.5, 0.6) is 17.2 Å². The quantitative estimate of drug-likeness (QED) is 0.848. The minimum atomic E-state index is 0.0907. The summed E-state index contributed by atoms with van der Waals surface area (Å²) in [6.07, 6.45) is 9.09. The lowest BCUT2D eigenvalue weighted by atomic mass is 9.96. The molecule has 2 aliphatic rings. The van der Waals surface area contributed by atoms with Crippen molar-refractivity contribution in [3.63, 3.8) is 0 Å². The van der Waals surface area contributed by atoms with Crippen molar-refractivity contribution in [1.29, 1.82) is 0 Å². The summed E-state index contributed by atoms with van der Waals surface area (Å²) >= 11 is 0. The zero-order chi connectivity index (χ0) is 18.3. The van der Waals surface area contributed by atoms with Crippen molar-refractivity contribution in [1.82, 2.24) is 4.98 Å². The number of nitrogen functional groups attached to an aromatic ring is 2. The van der Waals surface area contributed by atoms with Gasteiger partial charge >= 0.3 is 5.95 Å². The molecule has 26 heavy (non-hydrogen) atoms. The first-order valence-electron chi connectivity index (χ1n) is 8.66. The molecular weight excluding hydrogens is 332 g/mol. The Hall–Kier alpha value is -2.96. The number of nitrogens with two attached hydrogens (primary N) is 2. The highest BCUT2D eigenvalue weighted by molar-refractivity contribution is 5.72. The molecule has 1 unspecified atom stereocenters. The summed E-state index contributed by atoms with van der Waals surface area (Å²) in [5, 5.41) is 0. The smallest absolute Gasteiger partial charge is 0.388 e. The van der Waals surface area contributed by atoms with Crippen LogP contribution in [0.15, 0.2) is 18.3 Å². The van der Waals surface area contributed by atoms with Gasteiger partial charge in [-0.05, 0) is 36.5 Å². The number of hydrogen-bond donors (Lipinski definition) is 2. The first-order chi connectivity index (χ1) is 12.6. The summed E-state index contributed by atoms with van der Waals surface area (Å²) in [4.78, 5) is 7.00. The number of benzene rings is 1. The van der Waals surface area contributed by atoms with Crippen molar-refractivity contribution >= 4 is 17.8 Å². The van der Waals surface area contributed by atoms with Gasteiger partial charge in [0.05, 0.1) is 20.4 Å². The average Bonchev–Trinajstić information content (AvgIpc) is 3.48. The molecule has 1 fully saturated rings. The van der Waals surface area contributed by atoms with Crippen molar-refractivity contribution < 1.29 is 19.2 Å². The highest BCUT2D eigenvalue weighted by Crippen LogP contribution is 2.48. The van der Waals surface area contributed by atoms with Crippen LogP contribution < -0.4 is 30.7 Å². The van der Waals surface area contributed by atoms with E-state index in [1.165, 1.54) is 12.8 Å². The maximum atomic E-state index is 6.28. The van der Waals surface area contributed by atoms with E-state index in [2.05, 4.69) is 22.1 Å². The fraction of sp³-hybridized carbons (Fsp3) is 0.368. The molecule has 2 aromatic rings. The standard InChI is InChI=1S/C19H22N4O3/c1-24-15-8-11(7-12-9-22-19(21)23-18(12)20)13-5-6-14(10-3-4-10)26-16(13)17(15)25-2/h5-6,8-10,14H,3-4,7H2,1-2H3,(H4,20,21,22,23)/p+1. The molecule has 0 radical (unpaired) electrons. The van der Waals surface area contributed by atoms with Crippen molar-refractivity contribution in [2.45, 2.75) is 25.4 Å². The fourth-order valence-corrected chi connectivity index (χ4v) is 3.33. The Labute approximate surface area is 152 Å². The second kappa shape index (κ2) is 6.40. The number of H-pyrrole nitrogens is 1. The minimum Gasteiger partial charge on any atom is -0.493 e. The lowest BCUT2D eigenvalue weighted by Gasteiger charge is -2.26. The molecule has 0 bridgehead atoms. The number of aromatic amines is 1. The van der Waals surface area contributed by atoms with E-state index >= 15 is 0 Å². The number of fused-ring (bicyclic) bond motifs is 1. The topological polar surface area (TPSA) is 107 Å². The summed E-state index contributed by atoms with van der Waals surface area (Å²) in [7, 11) is 3.25. The highest BCUT2D eigenvalue weighted by atomic mass is 16.5. The van der Waals surface area contributed by atoms with Gasteiger partial charge in [-0.1, -0.05) is 11.1 Å². The summed E-state index contributed by atoms with van der Waals surface area (Å²) in [5.41, 5.74) is 14.5. The van der Waals surface area contributed by atoms with E-state index in [1.54, 1.807) is 20.4 Å². The van der Waals surface area contributed by atoms with Crippen molar-refractivity contribution in [3.8, 4) is 17.2 Å². The van der Waals surface area contributed by atoms with Crippen LogP contribution in [-0.2, 0) is 6.42 Å². The molecule has 0 saturated heterocycles. The molecule has 7 heteroatoms. The molecule has 2 heterocycles. The average molecular weight is 355 g/mol. The number of anilines is 2. The van der Waals surface area contributed by atoms with Crippen molar-refractivity contribution in [2.75, 3.05) is 25.7 Å². The van der Waals surface area contributed by atoms with E-state index in [9.17, 15) is 0 Å². The van der Waals surface area contributed by atoms with Crippen molar-refractivity contribution in [3.05, 3.63) is 35.0 Å². The fourth-order valence-electron chi connectivity index (χ4n) is 3.33. The molecule has 1 aliphatic heterocycles. The van der Waals surface area contributed by atoms with Crippen LogP contribution in [-0.4, -0.2) is 25.3 Å². The Kier molecular flexibility index (Phi) is 4.06. The largest absolute Gasteiger partial charge is 0.493 e. The van der Waals surface area contributed by atoms with Crippen LogP contribution in [0.4, 0.5) is 11.8 Å². The lowest BCUT2D eigenvalue weighted by molar-refractivity contribution is -0.364. The van der Waals surface area contributed by atoms with Gasteiger partial charge in [-0.2, -0.15) is 0 Å². The lowest BCUT2D eigenvalue weighted by Crippen LogP contribution is -2.21. The predicted molar refractivity (Wildman–Crippen MR) is 98.1 cm³/mol. The maximum absolute atomic E-state index is 6.28. The molecule has 5 N–H and O–H groups in total. The molecular formula is C19H23N4O3+. The van der Waals surface area contributed by atoms with Crippen LogP contribution >= 0.6 is 0 Å². The number of hydrogen-bond acceptors (Lipinski definition) is 6. The van der Waals surface area contributed by atoms with Crippen LogP contribution in [0, 0.1) is 5.92 Å². The molecule has 4 rings (SSSR count). The van der Waals surface area contributed by atoms with Gasteiger partial charge in [-0.15, -0.1) is 0 Å². The number of ether oxygens (including phenoxy) is 3. The van der Waals surface area contributed by atoms with Crippen LogP contribution in [0.1, 0.15) is 29.5 Å². The third kappa shape index (κ3) is 2.89. The summed E-state index contributed by atoms with van der Waals surface area (Å²) in [6, 6.07) is 1.96. The first-order valence-corrected chi connectivity index (χ1v) is 8.66. The first kappa shape index (κ1) is 16.5. The van der Waals surface area contributed by atoms with Gasteiger partial charge in [0.15, 0.2) is 11.5 Å². The molecule has 136 valence electrons. The Morgan fingerprint density at radius 3 is 2.69 bits per heavy atom. The second-order valence-corrected chi connectivity index (χ2v) is 6.67. The Morgan fingerprint density at radius 1 is 1.23 bits per heavy atom. The zero-order valence-corrected chi connectivity index (χ0v) is 14.9. The molecule has 1 atom stereocenters. The van der Waals surface area contributed by atoms with Gasteiger partial charge in [-0.25, -0.2) is 4.98 Å². The van der Waals surface area contributed by atoms with E-state index in [4.69, 9.17) is 25.7 Å². The number of rotatable bonds is 5. The van der Waals surface area contributed by atoms with Gasteiger partial charge in [0.2, 0.25) is 11.6 Å². The molecule has 1 aromatic carbocycles. The number of nitrogens with zero attached hydrogens (tertiary/aromatic N) is 1. The normalized spacial score (nSPS) is 18.2. The van der Waals surface area contributed by atoms with Crippen LogP contribution in [0.3, 0.4) is 0 Å². The highest BCUT2D eigenvalue weighted by Gasteiger charge is 2.35. The number of nitrogens with one attached hydrogen (secondary N) is 1. The molecule has 1 aromatic heterocycles. The number of aromatic nitrogens is 2. The Morgan fingerprint density at radius 2 is 2.04 bits per heavy atom. The molecule has 0 amide bonds. The summed E-state index contributed by atoms with van der Waals surface area (Å²) in [5.74, 6) is 3.27. The van der Waals surface area contributed by atoms with Gasteiger partial charge < -0.3 is 19.9 Å². The predicted octanol–water partition coefficient (Wildman–Crippen LogP) is 1.85. The Balaban J connectivity index is 1.78. The van der Waals surface area contributed by atoms with Crippen LogP contribution in [0.2, 0.25) is 0 Å². The monoisotopic (exact) mass is 355 g/mol. The van der Waals surface area contributed by atoms with Crippen LogP contribution in [0.25, 0.3) is 6.08 Å². The summed E-state index contributed by atoms with van der Waals surface area (Å²) < 4.78 is 17.4. The minimum absolute atomic E-state index is 0.0907. The molecule has 0 spiro atoms. The van der Waals surface area contributed by atoms with E-state index < -0.39 is 0 Å². The number of methoxy groups -OCH3 is 2. The van der Waals surface area contributed by atoms with Crippen molar-refractivity contribution in [2.24, 2.45) is 5.92 Å². The molecule has 7 nitrogen and oxygen atoms in total. The van der Waals surface area contributed by atoms with E-state index in [0.29, 0.717) is 29.7 Å². The second-order valence-electron chi connectivity index (χ2n) is 6.67. The van der Waals surface area contributed by atoms with E-state index in [0.717, 1.165) is 22.4 Å². The van der Waals surface area contributed by atoms with Gasteiger partial charge in [-0.3, -0.25) is 5.73 Å². The third-order valence-corrected chi connectivity index (χ3v) is 4.89.